The van der Waals surface area contributed by atoms with Crippen LogP contribution in [0.4, 0.5) is 0 Å². The van der Waals surface area contributed by atoms with Crippen LogP contribution in [0.1, 0.15) is 47.8 Å². The fraction of sp³-hybridized carbons (Fsp3) is 0.136. The lowest BCUT2D eigenvalue weighted by Gasteiger charge is -2.36. The SMILES string of the molecule is CCCCc1nc(-c2nccc[n+]2[O-])cn1Cc1ccc(-c2ccccc2-c2nnnn2C(c2ccccc2)(c2ccccc2)c2ccccc2)cc1. The minimum absolute atomic E-state index is 0.300. The predicted octanol–water partition coefficient (Wildman–Crippen LogP) is 8.13. The number of hydrogen-bond donors (Lipinski definition) is 0. The Balaban J connectivity index is 1.19. The highest BCUT2D eigenvalue weighted by atomic mass is 16.5. The molecule has 3 aromatic heterocycles. The fourth-order valence-electron chi connectivity index (χ4n) is 7.17. The predicted molar refractivity (Wildman–Crippen MR) is 205 cm³/mol. The second kappa shape index (κ2) is 14.9. The standard InChI is InChI=1S/C44H38N8O/c1-2-3-24-41-46-40(43-45-29-15-30-51(43)53)32-50(41)31-33-25-27-34(28-26-33)38-22-13-14-23-39(38)42-47-48-49-52(42)44(35-16-7-4-8-17-35,36-18-9-5-10-19-36)37-20-11-6-12-21-37/h4-23,25-30,32H,2-3,24,31H2,1H3. The molecule has 0 amide bonds. The monoisotopic (exact) mass is 694 g/mol. The molecule has 0 spiro atoms. The molecule has 0 unspecified atom stereocenters. The summed E-state index contributed by atoms with van der Waals surface area (Å²) in [6, 6.07) is 49.8. The van der Waals surface area contributed by atoms with Gasteiger partial charge in [-0.3, -0.25) is 0 Å². The Morgan fingerprint density at radius 2 is 1.30 bits per heavy atom. The molecule has 0 aliphatic carbocycles. The molecule has 8 rings (SSSR count). The smallest absolute Gasteiger partial charge is 0.353 e. The van der Waals surface area contributed by atoms with Crippen molar-refractivity contribution in [2.75, 3.05) is 0 Å². The van der Waals surface area contributed by atoms with Gasteiger partial charge in [-0.1, -0.05) is 153 Å². The Labute approximate surface area is 308 Å². The summed E-state index contributed by atoms with van der Waals surface area (Å²) in [6.45, 7) is 2.78. The van der Waals surface area contributed by atoms with Crippen LogP contribution < -0.4 is 4.73 Å². The van der Waals surface area contributed by atoms with Crippen LogP contribution >= 0.6 is 0 Å². The van der Waals surface area contributed by atoms with Crippen molar-refractivity contribution in [3.63, 3.8) is 0 Å². The third-order valence-corrected chi connectivity index (χ3v) is 9.70. The summed E-state index contributed by atoms with van der Waals surface area (Å²) < 4.78 is 4.87. The van der Waals surface area contributed by atoms with Gasteiger partial charge in [0.25, 0.3) is 0 Å². The Hall–Kier alpha value is -6.74. The Kier molecular flexibility index (Phi) is 9.36. The quantitative estimate of drug-likeness (QED) is 0.0728. The van der Waals surface area contributed by atoms with Crippen LogP contribution in [0.15, 0.2) is 164 Å². The Morgan fingerprint density at radius 3 is 1.91 bits per heavy atom. The van der Waals surface area contributed by atoms with Crippen molar-refractivity contribution in [2.24, 2.45) is 0 Å². The van der Waals surface area contributed by atoms with Crippen molar-refractivity contribution in [1.82, 2.24) is 34.7 Å². The molecular formula is C44H38N8O. The van der Waals surface area contributed by atoms with Gasteiger partial charge < -0.3 is 9.77 Å². The van der Waals surface area contributed by atoms with Crippen molar-refractivity contribution in [2.45, 2.75) is 38.3 Å². The highest BCUT2D eigenvalue weighted by Gasteiger charge is 2.42. The van der Waals surface area contributed by atoms with Gasteiger partial charge in [0.2, 0.25) is 0 Å². The van der Waals surface area contributed by atoms with E-state index in [1.807, 2.05) is 41.2 Å². The molecule has 0 atom stereocenters. The summed E-state index contributed by atoms with van der Waals surface area (Å²) >= 11 is 0. The van der Waals surface area contributed by atoms with E-state index in [-0.39, 0.29) is 0 Å². The van der Waals surface area contributed by atoms with E-state index in [0.717, 1.165) is 68.8 Å². The summed E-state index contributed by atoms with van der Waals surface area (Å²) in [5.74, 6) is 1.89. The van der Waals surface area contributed by atoms with E-state index in [9.17, 15) is 5.21 Å². The van der Waals surface area contributed by atoms with Crippen LogP contribution in [-0.4, -0.2) is 34.7 Å². The van der Waals surface area contributed by atoms with Gasteiger partial charge in [0, 0.05) is 30.8 Å². The highest BCUT2D eigenvalue weighted by molar-refractivity contribution is 5.81. The minimum Gasteiger partial charge on any atom is -0.710 e. The van der Waals surface area contributed by atoms with E-state index in [1.54, 1.807) is 12.3 Å². The average Bonchev–Trinajstić information content (AvgIpc) is 3.87. The maximum Gasteiger partial charge on any atom is 0.353 e. The van der Waals surface area contributed by atoms with Crippen molar-refractivity contribution in [3.05, 3.63) is 197 Å². The molecule has 0 aliphatic heterocycles. The first-order chi connectivity index (χ1) is 26.2. The van der Waals surface area contributed by atoms with Gasteiger partial charge >= 0.3 is 5.82 Å². The zero-order chi connectivity index (χ0) is 36.0. The first kappa shape index (κ1) is 33.4. The normalized spacial score (nSPS) is 11.5. The fourth-order valence-corrected chi connectivity index (χ4v) is 7.17. The van der Waals surface area contributed by atoms with Crippen molar-refractivity contribution < 1.29 is 4.73 Å². The second-order valence-corrected chi connectivity index (χ2v) is 13.0. The molecule has 260 valence electrons. The number of benzene rings is 5. The molecule has 0 radical (unpaired) electrons. The topological polar surface area (TPSA) is 101 Å². The Bertz CT molecular complexity index is 2330. The highest BCUT2D eigenvalue weighted by Crippen LogP contribution is 2.43. The maximum atomic E-state index is 12.5. The molecule has 8 aromatic rings. The van der Waals surface area contributed by atoms with Crippen LogP contribution in [-0.2, 0) is 18.5 Å². The van der Waals surface area contributed by atoms with E-state index in [0.29, 0.717) is 23.9 Å². The lowest BCUT2D eigenvalue weighted by Crippen LogP contribution is -2.39. The van der Waals surface area contributed by atoms with Gasteiger partial charge in [-0.05, 0) is 55.2 Å². The molecule has 3 heterocycles. The summed E-state index contributed by atoms with van der Waals surface area (Å²) in [7, 11) is 0. The summed E-state index contributed by atoms with van der Waals surface area (Å²) in [4.78, 5) is 9.13. The van der Waals surface area contributed by atoms with Gasteiger partial charge in [-0.2, -0.15) is 0 Å². The first-order valence-electron chi connectivity index (χ1n) is 17.9. The Morgan fingerprint density at radius 1 is 0.698 bits per heavy atom. The summed E-state index contributed by atoms with van der Waals surface area (Å²) in [6.07, 6.45) is 7.88. The number of aryl methyl sites for hydroxylation is 1. The molecule has 53 heavy (non-hydrogen) atoms. The largest absolute Gasteiger partial charge is 0.710 e. The van der Waals surface area contributed by atoms with Gasteiger partial charge in [0.05, 0.1) is 6.20 Å². The molecule has 0 fully saturated rings. The van der Waals surface area contributed by atoms with Crippen LogP contribution in [0.2, 0.25) is 0 Å². The summed E-state index contributed by atoms with van der Waals surface area (Å²) in [5.41, 5.74) is 6.94. The first-order valence-corrected chi connectivity index (χ1v) is 17.9. The molecular weight excluding hydrogens is 657 g/mol. The molecule has 0 saturated heterocycles. The molecule has 0 bridgehead atoms. The number of nitrogens with zero attached hydrogens (tertiary/aromatic N) is 8. The number of tetrazole rings is 1. The molecule has 0 N–H and O–H groups in total. The third-order valence-electron chi connectivity index (χ3n) is 9.70. The van der Waals surface area contributed by atoms with E-state index < -0.39 is 5.54 Å². The molecule has 0 saturated carbocycles. The lowest BCUT2D eigenvalue weighted by atomic mass is 9.77. The second-order valence-electron chi connectivity index (χ2n) is 13.0. The zero-order valence-corrected chi connectivity index (χ0v) is 29.4. The third kappa shape index (κ3) is 6.38. The summed E-state index contributed by atoms with van der Waals surface area (Å²) in [5, 5.41) is 26.3. The van der Waals surface area contributed by atoms with Crippen molar-refractivity contribution >= 4 is 0 Å². The van der Waals surface area contributed by atoms with E-state index >= 15 is 0 Å². The van der Waals surface area contributed by atoms with Gasteiger partial charge in [0.1, 0.15) is 17.6 Å². The van der Waals surface area contributed by atoms with Crippen LogP contribution in [0, 0.1) is 5.21 Å². The average molecular weight is 695 g/mol. The van der Waals surface area contributed by atoms with Gasteiger partial charge in [0.15, 0.2) is 11.5 Å². The number of rotatable bonds is 12. The van der Waals surface area contributed by atoms with Crippen molar-refractivity contribution in [1.29, 1.82) is 0 Å². The lowest BCUT2D eigenvalue weighted by molar-refractivity contribution is -0.596. The molecule has 5 aromatic carbocycles. The molecule has 9 nitrogen and oxygen atoms in total. The number of aromatic nitrogens is 8. The minimum atomic E-state index is -0.862. The van der Waals surface area contributed by atoms with Gasteiger partial charge in [-0.25, -0.2) is 14.4 Å². The van der Waals surface area contributed by atoms with Crippen LogP contribution in [0.5, 0.6) is 0 Å². The molecule has 9 heteroatoms. The van der Waals surface area contributed by atoms with Crippen LogP contribution in [0.25, 0.3) is 34.0 Å². The number of unbranched alkanes of at least 4 members (excludes halogenated alkanes) is 1. The van der Waals surface area contributed by atoms with Gasteiger partial charge in [-0.15, -0.1) is 5.10 Å². The van der Waals surface area contributed by atoms with Crippen LogP contribution in [0.3, 0.4) is 0 Å². The number of hydrogen-bond acceptors (Lipinski definition) is 6. The van der Waals surface area contributed by atoms with E-state index in [2.05, 4.69) is 131 Å². The number of imidazole rings is 1. The maximum absolute atomic E-state index is 12.5. The van der Waals surface area contributed by atoms with Crippen molar-refractivity contribution in [3.8, 4) is 34.0 Å². The van der Waals surface area contributed by atoms with E-state index in [1.165, 1.54) is 6.20 Å². The molecule has 0 aliphatic rings. The zero-order valence-electron chi connectivity index (χ0n) is 29.4. The van der Waals surface area contributed by atoms with E-state index in [4.69, 9.17) is 15.3 Å².